The number of benzene rings is 2. The highest BCUT2D eigenvalue weighted by Gasteiger charge is 2.11. The van der Waals surface area contributed by atoms with Crippen LogP contribution in [0.5, 0.6) is 5.75 Å². The molecule has 0 saturated carbocycles. The van der Waals surface area contributed by atoms with E-state index in [1.165, 1.54) is 31.2 Å². The Morgan fingerprint density at radius 1 is 1.20 bits per heavy atom. The van der Waals surface area contributed by atoms with Crippen LogP contribution in [-0.4, -0.2) is 5.11 Å². The normalized spacial score (nSPS) is 12.2. The van der Waals surface area contributed by atoms with Crippen LogP contribution in [0.2, 0.25) is 0 Å². The van der Waals surface area contributed by atoms with Crippen molar-refractivity contribution in [2.75, 3.05) is 0 Å². The van der Waals surface area contributed by atoms with Gasteiger partial charge in [-0.2, -0.15) is 0 Å². The Hall–Kier alpha value is -1.46. The average Bonchev–Trinajstić information content (AvgIpc) is 2.41. The van der Waals surface area contributed by atoms with Crippen LogP contribution in [-0.2, 0) is 6.61 Å². The lowest BCUT2D eigenvalue weighted by molar-refractivity contribution is 0.189. The zero-order chi connectivity index (χ0) is 14.7. The van der Waals surface area contributed by atoms with E-state index >= 15 is 0 Å². The summed E-state index contributed by atoms with van der Waals surface area (Å²) in [5.41, 5.74) is 1.14. The molecule has 0 saturated heterocycles. The Morgan fingerprint density at radius 2 is 1.95 bits per heavy atom. The van der Waals surface area contributed by atoms with E-state index < -0.39 is 11.9 Å². The van der Waals surface area contributed by atoms with Gasteiger partial charge in [0.2, 0.25) is 0 Å². The summed E-state index contributed by atoms with van der Waals surface area (Å²) < 4.78 is 32.2. The van der Waals surface area contributed by atoms with Gasteiger partial charge in [0.25, 0.3) is 0 Å². The minimum atomic E-state index is -0.833. The lowest BCUT2D eigenvalue weighted by Crippen LogP contribution is -2.02. The van der Waals surface area contributed by atoms with Gasteiger partial charge in [-0.1, -0.05) is 6.07 Å². The van der Waals surface area contributed by atoms with E-state index in [9.17, 15) is 13.9 Å². The second-order valence-electron chi connectivity index (χ2n) is 4.40. The van der Waals surface area contributed by atoms with Crippen molar-refractivity contribution >= 4 is 15.9 Å². The predicted molar refractivity (Wildman–Crippen MR) is 75.5 cm³/mol. The molecule has 1 N–H and O–H groups in total. The third-order valence-electron chi connectivity index (χ3n) is 2.80. The fraction of sp³-hybridized carbons (Fsp3) is 0.200. The minimum Gasteiger partial charge on any atom is -0.489 e. The fourth-order valence-electron chi connectivity index (χ4n) is 1.77. The maximum Gasteiger partial charge on any atom is 0.137 e. The Balaban J connectivity index is 2.16. The molecule has 0 bridgehead atoms. The molecule has 2 aromatic rings. The molecule has 0 aliphatic heterocycles. The van der Waals surface area contributed by atoms with Gasteiger partial charge >= 0.3 is 0 Å². The van der Waals surface area contributed by atoms with Gasteiger partial charge in [-0.25, -0.2) is 8.78 Å². The average molecular weight is 343 g/mol. The van der Waals surface area contributed by atoms with Crippen LogP contribution >= 0.6 is 15.9 Å². The summed E-state index contributed by atoms with van der Waals surface area (Å²) in [5.74, 6) is -0.375. The molecule has 0 heterocycles. The highest BCUT2D eigenvalue weighted by molar-refractivity contribution is 9.10. The van der Waals surface area contributed by atoms with Crippen LogP contribution in [0.3, 0.4) is 0 Å². The summed E-state index contributed by atoms with van der Waals surface area (Å²) in [5, 5.41) is 9.60. The van der Waals surface area contributed by atoms with Gasteiger partial charge in [0, 0.05) is 5.56 Å². The summed E-state index contributed by atoms with van der Waals surface area (Å²) >= 11 is 3.10. The number of hydrogen-bond acceptors (Lipinski definition) is 2. The van der Waals surface area contributed by atoms with Crippen molar-refractivity contribution in [2.24, 2.45) is 0 Å². The number of ether oxygens (including phenoxy) is 1. The molecule has 2 rings (SSSR count). The quantitative estimate of drug-likeness (QED) is 0.894. The van der Waals surface area contributed by atoms with Crippen molar-refractivity contribution in [2.45, 2.75) is 19.6 Å². The number of hydrogen-bond donors (Lipinski definition) is 1. The largest absolute Gasteiger partial charge is 0.489 e. The Kier molecular flexibility index (Phi) is 4.73. The van der Waals surface area contributed by atoms with Gasteiger partial charge in [0.15, 0.2) is 0 Å². The van der Waals surface area contributed by atoms with Crippen LogP contribution < -0.4 is 4.74 Å². The van der Waals surface area contributed by atoms with Gasteiger partial charge in [0.05, 0.1) is 10.6 Å². The molecule has 0 fully saturated rings. The summed E-state index contributed by atoms with van der Waals surface area (Å²) in [6, 6.07) is 8.52. The van der Waals surface area contributed by atoms with E-state index in [1.807, 2.05) is 0 Å². The van der Waals surface area contributed by atoms with E-state index in [0.717, 1.165) is 5.56 Å². The monoisotopic (exact) mass is 342 g/mol. The van der Waals surface area contributed by atoms with Crippen LogP contribution in [0.4, 0.5) is 8.78 Å². The molecule has 5 heteroatoms. The number of aliphatic hydroxyl groups is 1. The molecule has 20 heavy (non-hydrogen) atoms. The molecular formula is C15H13BrF2O2. The Morgan fingerprint density at radius 3 is 2.60 bits per heavy atom. The van der Waals surface area contributed by atoms with Crippen molar-refractivity contribution in [1.29, 1.82) is 0 Å². The highest BCUT2D eigenvalue weighted by Crippen LogP contribution is 2.27. The molecule has 0 amide bonds. The Labute approximate surface area is 124 Å². The lowest BCUT2D eigenvalue weighted by atomic mass is 10.1. The molecule has 0 aliphatic carbocycles. The summed E-state index contributed by atoms with van der Waals surface area (Å²) in [7, 11) is 0. The molecule has 2 nitrogen and oxygen atoms in total. The van der Waals surface area contributed by atoms with Crippen LogP contribution in [0, 0.1) is 11.6 Å². The summed E-state index contributed by atoms with van der Waals surface area (Å²) in [6.45, 7) is 1.74. The first kappa shape index (κ1) is 14.9. The standard InChI is InChI=1S/C15H13BrF2O2/c1-9(19)12-7-11(17)3-5-15(12)20-8-10-2-4-14(18)13(16)6-10/h2-7,9,19H,8H2,1H3/t9-/m0/s1. The number of rotatable bonds is 4. The van der Waals surface area contributed by atoms with Crippen molar-refractivity contribution in [3.63, 3.8) is 0 Å². The topological polar surface area (TPSA) is 29.5 Å². The first-order valence-corrected chi connectivity index (χ1v) is 6.81. The van der Waals surface area contributed by atoms with Gasteiger partial charge in [-0.3, -0.25) is 0 Å². The molecule has 0 aromatic heterocycles. The van der Waals surface area contributed by atoms with E-state index in [0.29, 0.717) is 15.8 Å². The van der Waals surface area contributed by atoms with Crippen LogP contribution in [0.1, 0.15) is 24.2 Å². The Bertz CT molecular complexity index is 615. The number of halogens is 3. The maximum atomic E-state index is 13.2. The van der Waals surface area contributed by atoms with E-state index in [-0.39, 0.29) is 12.4 Å². The molecular weight excluding hydrogens is 330 g/mol. The van der Waals surface area contributed by atoms with Crippen molar-refractivity contribution < 1.29 is 18.6 Å². The molecule has 0 radical (unpaired) electrons. The van der Waals surface area contributed by atoms with Gasteiger partial charge in [-0.05, 0) is 58.7 Å². The van der Waals surface area contributed by atoms with E-state index in [2.05, 4.69) is 15.9 Å². The molecule has 0 unspecified atom stereocenters. The summed E-state index contributed by atoms with van der Waals surface area (Å²) in [4.78, 5) is 0. The van der Waals surface area contributed by atoms with Gasteiger partial charge in [0.1, 0.15) is 24.0 Å². The van der Waals surface area contributed by atoms with E-state index in [4.69, 9.17) is 4.74 Å². The highest BCUT2D eigenvalue weighted by atomic mass is 79.9. The second kappa shape index (κ2) is 6.33. The zero-order valence-electron chi connectivity index (χ0n) is 10.7. The molecule has 2 aromatic carbocycles. The maximum absolute atomic E-state index is 13.2. The minimum absolute atomic E-state index is 0.199. The molecule has 0 aliphatic rings. The molecule has 0 spiro atoms. The SMILES string of the molecule is C[C@H](O)c1cc(F)ccc1OCc1ccc(F)c(Br)c1. The smallest absolute Gasteiger partial charge is 0.137 e. The first-order valence-electron chi connectivity index (χ1n) is 6.01. The lowest BCUT2D eigenvalue weighted by Gasteiger charge is -2.13. The number of aliphatic hydroxyl groups excluding tert-OH is 1. The van der Waals surface area contributed by atoms with Crippen molar-refractivity contribution in [3.05, 3.63) is 63.6 Å². The summed E-state index contributed by atoms with van der Waals surface area (Å²) in [6.07, 6.45) is -0.833. The fourth-order valence-corrected chi connectivity index (χ4v) is 2.19. The molecule has 1 atom stereocenters. The van der Waals surface area contributed by atoms with Gasteiger partial charge < -0.3 is 9.84 Å². The molecule has 106 valence electrons. The first-order chi connectivity index (χ1) is 9.47. The van der Waals surface area contributed by atoms with E-state index in [1.54, 1.807) is 12.1 Å². The van der Waals surface area contributed by atoms with Gasteiger partial charge in [-0.15, -0.1) is 0 Å². The predicted octanol–water partition coefficient (Wildman–Crippen LogP) is 4.36. The van der Waals surface area contributed by atoms with Crippen LogP contribution in [0.25, 0.3) is 0 Å². The zero-order valence-corrected chi connectivity index (χ0v) is 12.3. The third-order valence-corrected chi connectivity index (χ3v) is 3.41. The second-order valence-corrected chi connectivity index (χ2v) is 5.25. The van der Waals surface area contributed by atoms with Crippen molar-refractivity contribution in [3.8, 4) is 5.75 Å². The van der Waals surface area contributed by atoms with Crippen molar-refractivity contribution in [1.82, 2.24) is 0 Å². The van der Waals surface area contributed by atoms with Crippen LogP contribution in [0.15, 0.2) is 40.9 Å². The third kappa shape index (κ3) is 3.55.